The summed E-state index contributed by atoms with van der Waals surface area (Å²) in [7, 11) is 1.64. The Labute approximate surface area is 202 Å². The van der Waals surface area contributed by atoms with Crippen molar-refractivity contribution in [1.82, 2.24) is 25.2 Å². The molecule has 1 saturated heterocycles. The molecule has 0 radical (unpaired) electrons. The maximum atomic E-state index is 13.5. The average molecular weight is 473 g/mol. The molecule has 2 atom stereocenters. The number of ether oxygens (including phenoxy) is 2. The van der Waals surface area contributed by atoms with Crippen LogP contribution in [0.5, 0.6) is 5.75 Å². The fourth-order valence-corrected chi connectivity index (χ4v) is 5.33. The first kappa shape index (κ1) is 21.8. The number of methoxy groups -OCH3 is 1. The molecule has 9 nitrogen and oxygen atoms in total. The van der Waals surface area contributed by atoms with E-state index in [0.29, 0.717) is 17.9 Å². The van der Waals surface area contributed by atoms with E-state index < -0.39 is 6.04 Å². The lowest BCUT2D eigenvalue weighted by atomic mass is 9.96. The average Bonchev–Trinajstić information content (AvgIpc) is 3.57. The minimum atomic E-state index is -0.452. The van der Waals surface area contributed by atoms with Crippen LogP contribution in [-0.4, -0.2) is 51.6 Å². The molecule has 2 unspecified atom stereocenters. The highest BCUT2D eigenvalue weighted by molar-refractivity contribution is 5.81. The van der Waals surface area contributed by atoms with E-state index in [9.17, 15) is 4.79 Å². The van der Waals surface area contributed by atoms with Crippen molar-refractivity contribution in [2.45, 2.75) is 44.4 Å². The maximum absolute atomic E-state index is 13.5. The van der Waals surface area contributed by atoms with E-state index in [2.05, 4.69) is 43.6 Å². The van der Waals surface area contributed by atoms with Crippen LogP contribution in [-0.2, 0) is 17.7 Å². The van der Waals surface area contributed by atoms with Crippen LogP contribution in [0, 0.1) is 0 Å². The van der Waals surface area contributed by atoms with Gasteiger partial charge in [0.2, 0.25) is 0 Å². The van der Waals surface area contributed by atoms with E-state index in [-0.39, 0.29) is 11.7 Å². The predicted octanol–water partition coefficient (Wildman–Crippen LogP) is 3.24. The number of aryl methyl sites for hydroxylation is 1. The summed E-state index contributed by atoms with van der Waals surface area (Å²) in [5, 5.41) is 13.7. The van der Waals surface area contributed by atoms with Gasteiger partial charge in [0.25, 0.3) is 5.56 Å². The third-order valence-electron chi connectivity index (χ3n) is 7.04. The first-order chi connectivity index (χ1) is 17.2. The third kappa shape index (κ3) is 4.05. The Morgan fingerprint density at radius 1 is 1.20 bits per heavy atom. The number of aromatic amines is 1. The Morgan fingerprint density at radius 2 is 2.11 bits per heavy atom. The summed E-state index contributed by atoms with van der Waals surface area (Å²) in [4.78, 5) is 18.9. The van der Waals surface area contributed by atoms with Crippen LogP contribution in [0.4, 0.5) is 5.69 Å². The van der Waals surface area contributed by atoms with E-state index >= 15 is 0 Å². The summed E-state index contributed by atoms with van der Waals surface area (Å²) in [6.07, 6.45) is 4.08. The molecule has 1 fully saturated rings. The Balaban J connectivity index is 1.52. The van der Waals surface area contributed by atoms with Crippen molar-refractivity contribution >= 4 is 16.6 Å². The fraction of sp³-hybridized carbons (Fsp3) is 0.385. The van der Waals surface area contributed by atoms with Gasteiger partial charge >= 0.3 is 0 Å². The minimum absolute atomic E-state index is 0.0747. The summed E-state index contributed by atoms with van der Waals surface area (Å²) in [6, 6.07) is 15.5. The van der Waals surface area contributed by atoms with Crippen molar-refractivity contribution in [2.75, 3.05) is 25.2 Å². The highest BCUT2D eigenvalue weighted by Crippen LogP contribution is 2.37. The number of rotatable bonds is 6. The second-order valence-corrected chi connectivity index (χ2v) is 9.19. The van der Waals surface area contributed by atoms with E-state index in [4.69, 9.17) is 9.47 Å². The summed E-state index contributed by atoms with van der Waals surface area (Å²) in [5.41, 5.74) is 3.59. The van der Waals surface area contributed by atoms with Crippen LogP contribution in [0.3, 0.4) is 0 Å². The normalized spacial score (nSPS) is 18.5. The number of anilines is 1. The molecule has 9 heteroatoms. The van der Waals surface area contributed by atoms with Gasteiger partial charge in [-0.25, -0.2) is 4.68 Å². The third-order valence-corrected chi connectivity index (χ3v) is 7.04. The van der Waals surface area contributed by atoms with Gasteiger partial charge in [-0.15, -0.1) is 5.10 Å². The van der Waals surface area contributed by atoms with E-state index in [1.54, 1.807) is 7.11 Å². The zero-order valence-electron chi connectivity index (χ0n) is 19.7. The quantitative estimate of drug-likeness (QED) is 0.460. The largest absolute Gasteiger partial charge is 0.497 e. The number of pyridine rings is 1. The molecule has 0 bridgehead atoms. The van der Waals surface area contributed by atoms with Crippen LogP contribution < -0.4 is 15.2 Å². The standard InChI is InChI=1S/C26H28N6O3/c1-34-19-10-11-22-18(14-19)15-21(26(33)27-22)24(31-12-4-7-17-6-2-3-9-23(17)31)25-28-29-30-32(25)16-20-8-5-13-35-20/h2-3,6,9-11,14-15,20,24H,4-5,7-8,12-13,16H2,1H3,(H,27,33). The van der Waals surface area contributed by atoms with Gasteiger partial charge in [-0.3, -0.25) is 4.79 Å². The second-order valence-electron chi connectivity index (χ2n) is 9.19. The van der Waals surface area contributed by atoms with Gasteiger partial charge in [0.15, 0.2) is 5.82 Å². The molecule has 6 rings (SSSR count). The monoisotopic (exact) mass is 472 g/mol. The molecule has 2 aromatic carbocycles. The molecule has 2 aromatic heterocycles. The van der Waals surface area contributed by atoms with E-state index in [1.165, 1.54) is 5.56 Å². The Morgan fingerprint density at radius 3 is 2.97 bits per heavy atom. The van der Waals surface area contributed by atoms with Crippen molar-refractivity contribution in [2.24, 2.45) is 0 Å². The smallest absolute Gasteiger partial charge is 0.254 e. The summed E-state index contributed by atoms with van der Waals surface area (Å²) >= 11 is 0. The minimum Gasteiger partial charge on any atom is -0.497 e. The first-order valence-corrected chi connectivity index (χ1v) is 12.1. The Kier molecular flexibility index (Phi) is 5.69. The molecule has 1 N–H and O–H groups in total. The lowest BCUT2D eigenvalue weighted by Gasteiger charge is -2.37. The number of para-hydroxylation sites is 1. The zero-order valence-corrected chi connectivity index (χ0v) is 19.7. The van der Waals surface area contributed by atoms with Crippen LogP contribution in [0.15, 0.2) is 53.3 Å². The molecule has 35 heavy (non-hydrogen) atoms. The molecule has 0 amide bonds. The second kappa shape index (κ2) is 9.14. The van der Waals surface area contributed by atoms with Gasteiger partial charge in [-0.05, 0) is 72.0 Å². The van der Waals surface area contributed by atoms with Gasteiger partial charge in [0.1, 0.15) is 11.8 Å². The number of tetrazole rings is 1. The van der Waals surface area contributed by atoms with E-state index in [1.807, 2.05) is 35.0 Å². The SMILES string of the molecule is COc1ccc2[nH]c(=O)c(C(c3nnnn3CC3CCCO3)N3CCCc4ccccc43)cc2c1. The van der Waals surface area contributed by atoms with Crippen LogP contribution in [0.25, 0.3) is 10.9 Å². The molecule has 0 aliphatic carbocycles. The lowest BCUT2D eigenvalue weighted by molar-refractivity contribution is 0.0924. The molecule has 180 valence electrons. The number of hydrogen-bond donors (Lipinski definition) is 1. The number of nitrogens with zero attached hydrogens (tertiary/aromatic N) is 5. The summed E-state index contributed by atoms with van der Waals surface area (Å²) in [6.45, 7) is 2.12. The van der Waals surface area contributed by atoms with Crippen LogP contribution >= 0.6 is 0 Å². The first-order valence-electron chi connectivity index (χ1n) is 12.1. The van der Waals surface area contributed by atoms with Crippen molar-refractivity contribution < 1.29 is 9.47 Å². The number of aromatic nitrogens is 5. The van der Waals surface area contributed by atoms with Crippen LogP contribution in [0.1, 0.15) is 42.3 Å². The molecule has 4 heterocycles. The summed E-state index contributed by atoms with van der Waals surface area (Å²) < 4.78 is 13.1. The van der Waals surface area contributed by atoms with Crippen molar-refractivity contribution in [3.63, 3.8) is 0 Å². The molecular formula is C26H28N6O3. The van der Waals surface area contributed by atoms with Crippen molar-refractivity contribution in [1.29, 1.82) is 0 Å². The number of hydrogen-bond acceptors (Lipinski definition) is 7. The number of H-pyrrole nitrogens is 1. The van der Waals surface area contributed by atoms with Crippen LogP contribution in [0.2, 0.25) is 0 Å². The molecule has 0 saturated carbocycles. The predicted molar refractivity (Wildman–Crippen MR) is 132 cm³/mol. The maximum Gasteiger partial charge on any atom is 0.254 e. The van der Waals surface area contributed by atoms with Crippen molar-refractivity contribution in [3.05, 3.63) is 75.8 Å². The molecular weight excluding hydrogens is 444 g/mol. The fourth-order valence-electron chi connectivity index (χ4n) is 5.33. The Hall–Kier alpha value is -3.72. The highest BCUT2D eigenvalue weighted by Gasteiger charge is 2.34. The number of benzene rings is 2. The van der Waals surface area contributed by atoms with Gasteiger partial charge in [0, 0.05) is 35.3 Å². The van der Waals surface area contributed by atoms with Gasteiger partial charge < -0.3 is 19.4 Å². The zero-order chi connectivity index (χ0) is 23.8. The summed E-state index contributed by atoms with van der Waals surface area (Å²) in [5.74, 6) is 1.38. The van der Waals surface area contributed by atoms with Gasteiger partial charge in [-0.2, -0.15) is 0 Å². The Bertz CT molecular complexity index is 1410. The number of fused-ring (bicyclic) bond motifs is 2. The molecule has 4 aromatic rings. The topological polar surface area (TPSA) is 98.2 Å². The van der Waals surface area contributed by atoms with Gasteiger partial charge in [0.05, 0.1) is 19.8 Å². The molecule has 2 aliphatic rings. The molecule has 0 spiro atoms. The number of nitrogens with one attached hydrogen (secondary N) is 1. The molecule has 2 aliphatic heterocycles. The van der Waals surface area contributed by atoms with Gasteiger partial charge in [-0.1, -0.05) is 18.2 Å². The van der Waals surface area contributed by atoms with Crippen molar-refractivity contribution in [3.8, 4) is 5.75 Å². The highest BCUT2D eigenvalue weighted by atomic mass is 16.5. The van der Waals surface area contributed by atoms with E-state index in [0.717, 1.165) is 61.2 Å². The lowest BCUT2D eigenvalue weighted by Crippen LogP contribution is -2.39.